The molecule has 1 saturated heterocycles. The third kappa shape index (κ3) is 4.63. The predicted molar refractivity (Wildman–Crippen MR) is 115 cm³/mol. The number of nitrogens with two attached hydrogens (primary N) is 1. The Labute approximate surface area is 174 Å². The Balaban J connectivity index is 1.78. The summed E-state index contributed by atoms with van der Waals surface area (Å²) in [5, 5.41) is 8.00. The first-order valence-electron chi connectivity index (χ1n) is 8.99. The Bertz CT molecular complexity index is 1070. The van der Waals surface area contributed by atoms with Gasteiger partial charge in [-0.15, -0.1) is 11.8 Å². The first kappa shape index (κ1) is 21.4. The van der Waals surface area contributed by atoms with Gasteiger partial charge in [-0.25, -0.2) is 13.6 Å². The van der Waals surface area contributed by atoms with Crippen LogP contribution in [0.3, 0.4) is 0 Å². The topological polar surface area (TPSA) is 110 Å². The third-order valence-corrected chi connectivity index (χ3v) is 6.74. The number of aryl methyl sites for hydroxylation is 1. The molecule has 3 rings (SSSR count). The number of thioether (sulfide) groups is 1. The first-order valence-corrected chi connectivity index (χ1v) is 11.8. The van der Waals surface area contributed by atoms with Crippen molar-refractivity contribution in [3.05, 3.63) is 47.5 Å². The van der Waals surface area contributed by atoms with Crippen molar-refractivity contribution in [1.29, 1.82) is 0 Å². The average Bonchev–Trinajstić information content (AvgIpc) is 3.06. The molecule has 9 heteroatoms. The maximum Gasteiger partial charge on any atom is 0.238 e. The van der Waals surface area contributed by atoms with Gasteiger partial charge in [-0.1, -0.05) is 0 Å². The second-order valence-corrected chi connectivity index (χ2v) is 9.49. The average molecular weight is 434 g/mol. The molecule has 1 heterocycles. The van der Waals surface area contributed by atoms with E-state index < -0.39 is 15.9 Å². The SMILES string of the molecule is CSc1ccc(N2CC(C(=O)Nc3cc(S(N)(=O)=O)cc(C)c3C)CC2=O)cc1. The van der Waals surface area contributed by atoms with Gasteiger partial charge in [0.05, 0.1) is 10.8 Å². The van der Waals surface area contributed by atoms with Crippen LogP contribution in [0.2, 0.25) is 0 Å². The molecular formula is C20H23N3O4S2. The number of sulfonamides is 1. The van der Waals surface area contributed by atoms with Gasteiger partial charge in [0.2, 0.25) is 21.8 Å². The third-order valence-electron chi connectivity index (χ3n) is 5.11. The van der Waals surface area contributed by atoms with Crippen LogP contribution in [0.25, 0.3) is 0 Å². The highest BCUT2D eigenvalue weighted by molar-refractivity contribution is 7.98. The minimum Gasteiger partial charge on any atom is -0.325 e. The molecule has 0 radical (unpaired) electrons. The molecule has 154 valence electrons. The highest BCUT2D eigenvalue weighted by atomic mass is 32.2. The number of rotatable bonds is 5. The van der Waals surface area contributed by atoms with Crippen LogP contribution >= 0.6 is 11.8 Å². The maximum atomic E-state index is 12.8. The quantitative estimate of drug-likeness (QED) is 0.705. The Hall–Kier alpha value is -2.36. The number of anilines is 2. The summed E-state index contributed by atoms with van der Waals surface area (Å²) < 4.78 is 23.4. The van der Waals surface area contributed by atoms with Crippen LogP contribution in [0.4, 0.5) is 11.4 Å². The van der Waals surface area contributed by atoms with Gasteiger partial charge in [0.25, 0.3) is 0 Å². The lowest BCUT2D eigenvalue weighted by Gasteiger charge is -2.18. The molecule has 2 aromatic carbocycles. The number of hydrogen-bond donors (Lipinski definition) is 2. The van der Waals surface area contributed by atoms with E-state index in [0.29, 0.717) is 11.3 Å². The first-order chi connectivity index (χ1) is 13.6. The van der Waals surface area contributed by atoms with Crippen LogP contribution in [-0.2, 0) is 19.6 Å². The Morgan fingerprint density at radius 2 is 1.86 bits per heavy atom. The number of nitrogens with zero attached hydrogens (tertiary/aromatic N) is 1. The predicted octanol–water partition coefficient (Wildman–Crippen LogP) is 2.66. The molecule has 1 unspecified atom stereocenters. The lowest BCUT2D eigenvalue weighted by molar-refractivity contribution is -0.122. The molecule has 7 nitrogen and oxygen atoms in total. The van der Waals surface area contributed by atoms with Gasteiger partial charge in [0.1, 0.15) is 0 Å². The van der Waals surface area contributed by atoms with E-state index in [1.807, 2.05) is 30.5 Å². The van der Waals surface area contributed by atoms with Crippen LogP contribution in [0.15, 0.2) is 46.2 Å². The van der Waals surface area contributed by atoms with Crippen LogP contribution in [-0.4, -0.2) is 33.0 Å². The highest BCUT2D eigenvalue weighted by Crippen LogP contribution is 2.29. The van der Waals surface area contributed by atoms with Gasteiger partial charge in [-0.05, 0) is 67.6 Å². The molecule has 0 saturated carbocycles. The molecule has 0 aliphatic carbocycles. The van der Waals surface area contributed by atoms with Crippen LogP contribution in [0, 0.1) is 19.8 Å². The maximum absolute atomic E-state index is 12.8. The lowest BCUT2D eigenvalue weighted by atomic mass is 10.1. The fourth-order valence-corrected chi connectivity index (χ4v) is 4.28. The minimum absolute atomic E-state index is 0.0612. The second-order valence-electron chi connectivity index (χ2n) is 7.05. The number of carbonyl (C=O) groups is 2. The van der Waals surface area contributed by atoms with E-state index in [2.05, 4.69) is 5.32 Å². The van der Waals surface area contributed by atoms with Crippen molar-refractivity contribution >= 4 is 45.0 Å². The number of primary sulfonamides is 1. The van der Waals surface area contributed by atoms with E-state index in [1.54, 1.807) is 30.5 Å². The van der Waals surface area contributed by atoms with Crippen molar-refractivity contribution in [2.45, 2.75) is 30.1 Å². The van der Waals surface area contributed by atoms with E-state index in [9.17, 15) is 18.0 Å². The zero-order chi connectivity index (χ0) is 21.3. The molecule has 3 N–H and O–H groups in total. The van der Waals surface area contributed by atoms with E-state index in [4.69, 9.17) is 5.14 Å². The van der Waals surface area contributed by atoms with Crippen molar-refractivity contribution in [3.8, 4) is 0 Å². The monoisotopic (exact) mass is 433 g/mol. The summed E-state index contributed by atoms with van der Waals surface area (Å²) in [6.45, 7) is 3.81. The molecule has 2 aromatic rings. The smallest absolute Gasteiger partial charge is 0.238 e. The standard InChI is InChI=1S/C20H23N3O4S2/c1-12-8-17(29(21,26)27)10-18(13(12)2)22-20(25)14-9-19(24)23(11-14)15-4-6-16(28-3)7-5-15/h4-8,10,14H,9,11H2,1-3H3,(H,22,25)(H2,21,26,27). The highest BCUT2D eigenvalue weighted by Gasteiger charge is 2.35. The minimum atomic E-state index is -3.89. The van der Waals surface area contributed by atoms with Crippen LogP contribution < -0.4 is 15.4 Å². The van der Waals surface area contributed by atoms with E-state index in [1.165, 1.54) is 12.1 Å². The zero-order valence-electron chi connectivity index (χ0n) is 16.4. The Morgan fingerprint density at radius 1 is 1.21 bits per heavy atom. The lowest BCUT2D eigenvalue weighted by Crippen LogP contribution is -2.28. The molecule has 1 aliphatic heterocycles. The molecular weight excluding hydrogens is 410 g/mol. The van der Waals surface area contributed by atoms with Crippen LogP contribution in [0.1, 0.15) is 17.5 Å². The number of nitrogens with one attached hydrogen (secondary N) is 1. The number of hydrogen-bond acceptors (Lipinski definition) is 5. The summed E-state index contributed by atoms with van der Waals surface area (Å²) in [5.41, 5.74) is 2.59. The van der Waals surface area contributed by atoms with Gasteiger partial charge >= 0.3 is 0 Å². The van der Waals surface area contributed by atoms with Gasteiger partial charge in [0.15, 0.2) is 0 Å². The molecule has 0 aromatic heterocycles. The van der Waals surface area contributed by atoms with E-state index in [0.717, 1.165) is 16.1 Å². The molecule has 1 fully saturated rings. The molecule has 0 spiro atoms. The fourth-order valence-electron chi connectivity index (χ4n) is 3.25. The molecule has 1 atom stereocenters. The van der Waals surface area contributed by atoms with Gasteiger partial charge in [-0.2, -0.15) is 0 Å². The summed E-state index contributed by atoms with van der Waals surface area (Å²) in [6.07, 6.45) is 2.08. The van der Waals surface area contributed by atoms with Gasteiger partial charge < -0.3 is 10.2 Å². The summed E-state index contributed by atoms with van der Waals surface area (Å²) >= 11 is 1.61. The molecule has 0 bridgehead atoms. The zero-order valence-corrected chi connectivity index (χ0v) is 18.1. The number of amides is 2. The van der Waals surface area contributed by atoms with Crippen molar-refractivity contribution < 1.29 is 18.0 Å². The van der Waals surface area contributed by atoms with Crippen LogP contribution in [0.5, 0.6) is 0 Å². The van der Waals surface area contributed by atoms with Gasteiger partial charge in [0, 0.05) is 29.2 Å². The largest absolute Gasteiger partial charge is 0.325 e. The Kier molecular flexibility index (Phi) is 6.02. The Morgan fingerprint density at radius 3 is 2.45 bits per heavy atom. The van der Waals surface area contributed by atoms with Crippen molar-refractivity contribution in [2.75, 3.05) is 23.0 Å². The summed E-state index contributed by atoms with van der Waals surface area (Å²) in [7, 11) is -3.89. The molecule has 1 aliphatic rings. The molecule has 2 amide bonds. The number of benzene rings is 2. The van der Waals surface area contributed by atoms with Crippen molar-refractivity contribution in [3.63, 3.8) is 0 Å². The summed E-state index contributed by atoms with van der Waals surface area (Å²) in [6, 6.07) is 10.4. The summed E-state index contributed by atoms with van der Waals surface area (Å²) in [4.78, 5) is 27.9. The van der Waals surface area contributed by atoms with Gasteiger partial charge in [-0.3, -0.25) is 9.59 Å². The van der Waals surface area contributed by atoms with Crippen molar-refractivity contribution in [1.82, 2.24) is 0 Å². The fraction of sp³-hybridized carbons (Fsp3) is 0.300. The van der Waals surface area contributed by atoms with Crippen molar-refractivity contribution in [2.24, 2.45) is 11.1 Å². The van der Waals surface area contributed by atoms with E-state index >= 15 is 0 Å². The number of carbonyl (C=O) groups excluding carboxylic acids is 2. The second kappa shape index (κ2) is 8.17. The van der Waals surface area contributed by atoms with E-state index in [-0.39, 0.29) is 29.7 Å². The molecule has 29 heavy (non-hydrogen) atoms. The normalized spacial score (nSPS) is 16.9. The summed E-state index contributed by atoms with van der Waals surface area (Å²) in [5.74, 6) is -0.968.